The summed E-state index contributed by atoms with van der Waals surface area (Å²) >= 11 is 0. The summed E-state index contributed by atoms with van der Waals surface area (Å²) in [7, 11) is 1.75. The van der Waals surface area contributed by atoms with Crippen molar-refractivity contribution >= 4 is 11.5 Å². The molecule has 1 N–H and O–H groups in total. The zero-order valence-corrected chi connectivity index (χ0v) is 11.2. The van der Waals surface area contributed by atoms with Crippen LogP contribution in [-0.4, -0.2) is 21.9 Å². The molecular formula is C13H14N4O3. The lowest BCUT2D eigenvalue weighted by atomic mass is 10.2. The monoisotopic (exact) mass is 274 g/mol. The molecule has 0 spiro atoms. The number of nitrogens with one attached hydrogen (secondary N) is 1. The lowest BCUT2D eigenvalue weighted by Crippen LogP contribution is -2.03. The first-order valence-corrected chi connectivity index (χ1v) is 6.10. The first kappa shape index (κ1) is 13.7. The van der Waals surface area contributed by atoms with Crippen molar-refractivity contribution in [3.63, 3.8) is 0 Å². The molecule has 0 saturated carbocycles. The fourth-order valence-corrected chi connectivity index (χ4v) is 1.82. The van der Waals surface area contributed by atoms with Gasteiger partial charge in [0.15, 0.2) is 0 Å². The van der Waals surface area contributed by atoms with Gasteiger partial charge in [-0.05, 0) is 12.5 Å². The second kappa shape index (κ2) is 5.96. The Labute approximate surface area is 115 Å². The first-order chi connectivity index (χ1) is 9.67. The Morgan fingerprint density at radius 3 is 2.75 bits per heavy atom. The van der Waals surface area contributed by atoms with Crippen molar-refractivity contribution in [1.82, 2.24) is 9.97 Å². The molecule has 7 nitrogen and oxygen atoms in total. The van der Waals surface area contributed by atoms with Crippen LogP contribution >= 0.6 is 0 Å². The second-order valence-electron chi connectivity index (χ2n) is 3.94. The lowest BCUT2D eigenvalue weighted by Gasteiger charge is -2.11. The van der Waals surface area contributed by atoms with Crippen molar-refractivity contribution in [3.8, 4) is 11.6 Å². The number of nitro groups is 1. The van der Waals surface area contributed by atoms with Gasteiger partial charge in [-0.25, -0.2) is 9.97 Å². The van der Waals surface area contributed by atoms with E-state index >= 15 is 0 Å². The van der Waals surface area contributed by atoms with Crippen LogP contribution in [0.25, 0.3) is 0 Å². The molecule has 1 aromatic heterocycles. The number of para-hydroxylation sites is 2. The third-order valence-electron chi connectivity index (χ3n) is 2.76. The van der Waals surface area contributed by atoms with Crippen molar-refractivity contribution in [2.75, 3.05) is 12.4 Å². The smallest absolute Gasteiger partial charge is 0.311 e. The normalized spacial score (nSPS) is 10.1. The van der Waals surface area contributed by atoms with Gasteiger partial charge < -0.3 is 10.1 Å². The van der Waals surface area contributed by atoms with E-state index in [0.29, 0.717) is 18.1 Å². The van der Waals surface area contributed by atoms with Crippen LogP contribution in [-0.2, 0) is 6.42 Å². The number of aromatic nitrogens is 2. The molecule has 1 heterocycles. The highest BCUT2D eigenvalue weighted by molar-refractivity contribution is 5.52. The number of nitrogens with zero attached hydrogens (tertiary/aromatic N) is 3. The summed E-state index contributed by atoms with van der Waals surface area (Å²) in [4.78, 5) is 18.6. The number of hydrogen-bond donors (Lipinski definition) is 1. The zero-order chi connectivity index (χ0) is 14.5. The maximum atomic E-state index is 11.0. The molecule has 0 atom stereocenters. The highest BCUT2D eigenvalue weighted by Gasteiger charge is 2.17. The number of nitro benzene ring substituents is 1. The van der Waals surface area contributed by atoms with Crippen molar-refractivity contribution in [2.24, 2.45) is 0 Å². The number of hydrogen-bond acceptors (Lipinski definition) is 6. The Hall–Kier alpha value is -2.70. The fraction of sp³-hybridized carbons (Fsp3) is 0.231. The van der Waals surface area contributed by atoms with Crippen LogP contribution in [0.1, 0.15) is 12.5 Å². The minimum absolute atomic E-state index is 0.0980. The van der Waals surface area contributed by atoms with Crippen LogP contribution in [0.2, 0.25) is 0 Å². The quantitative estimate of drug-likeness (QED) is 0.666. The van der Waals surface area contributed by atoms with Gasteiger partial charge in [0.05, 0.1) is 10.5 Å². The third kappa shape index (κ3) is 2.66. The maximum Gasteiger partial charge on any atom is 0.311 e. The molecule has 0 amide bonds. The Balaban J connectivity index is 2.43. The molecule has 0 unspecified atom stereocenters. The van der Waals surface area contributed by atoms with Gasteiger partial charge in [-0.3, -0.25) is 10.1 Å². The summed E-state index contributed by atoms with van der Waals surface area (Å²) in [5.74, 6) is 1.13. The van der Waals surface area contributed by atoms with E-state index in [0.717, 1.165) is 5.56 Å². The van der Waals surface area contributed by atoms with E-state index in [-0.39, 0.29) is 11.4 Å². The van der Waals surface area contributed by atoms with E-state index in [2.05, 4.69) is 15.3 Å². The fourth-order valence-electron chi connectivity index (χ4n) is 1.82. The van der Waals surface area contributed by atoms with E-state index in [9.17, 15) is 10.1 Å². The molecule has 1 aromatic carbocycles. The molecular weight excluding hydrogens is 260 g/mol. The van der Waals surface area contributed by atoms with Crippen molar-refractivity contribution in [2.45, 2.75) is 13.3 Å². The Morgan fingerprint density at radius 2 is 2.10 bits per heavy atom. The largest absolute Gasteiger partial charge is 0.431 e. The second-order valence-corrected chi connectivity index (χ2v) is 3.94. The SMILES string of the molecule is CCc1c(NC)ncnc1Oc1ccccc1[N+](=O)[O-]. The summed E-state index contributed by atoms with van der Waals surface area (Å²) in [6.07, 6.45) is 2.00. The van der Waals surface area contributed by atoms with Gasteiger partial charge in [0, 0.05) is 13.1 Å². The summed E-state index contributed by atoms with van der Waals surface area (Å²) < 4.78 is 5.60. The first-order valence-electron chi connectivity index (χ1n) is 6.10. The molecule has 0 radical (unpaired) electrons. The van der Waals surface area contributed by atoms with Gasteiger partial charge in [-0.2, -0.15) is 0 Å². The van der Waals surface area contributed by atoms with Crippen LogP contribution < -0.4 is 10.1 Å². The predicted octanol–water partition coefficient (Wildman–Crippen LogP) is 2.78. The van der Waals surface area contributed by atoms with Gasteiger partial charge in [-0.15, -0.1) is 0 Å². The van der Waals surface area contributed by atoms with Crippen molar-refractivity contribution in [3.05, 3.63) is 46.3 Å². The molecule has 104 valence electrons. The molecule has 7 heteroatoms. The average molecular weight is 274 g/mol. The molecule has 0 aliphatic rings. The Bertz CT molecular complexity index is 631. The summed E-state index contributed by atoms with van der Waals surface area (Å²) in [5, 5.41) is 13.9. The van der Waals surface area contributed by atoms with Crippen molar-refractivity contribution < 1.29 is 9.66 Å². The van der Waals surface area contributed by atoms with Crippen LogP contribution in [0, 0.1) is 10.1 Å². The maximum absolute atomic E-state index is 11.0. The van der Waals surface area contributed by atoms with Gasteiger partial charge in [0.25, 0.3) is 0 Å². The summed E-state index contributed by atoms with van der Waals surface area (Å²) in [6.45, 7) is 1.94. The third-order valence-corrected chi connectivity index (χ3v) is 2.76. The van der Waals surface area contributed by atoms with Crippen LogP contribution in [0.3, 0.4) is 0 Å². The van der Waals surface area contributed by atoms with E-state index < -0.39 is 4.92 Å². The molecule has 0 saturated heterocycles. The van der Waals surface area contributed by atoms with E-state index in [1.165, 1.54) is 12.4 Å². The lowest BCUT2D eigenvalue weighted by molar-refractivity contribution is -0.385. The van der Waals surface area contributed by atoms with Crippen LogP contribution in [0.15, 0.2) is 30.6 Å². The topological polar surface area (TPSA) is 90.2 Å². The van der Waals surface area contributed by atoms with Gasteiger partial charge in [0.1, 0.15) is 12.1 Å². The molecule has 0 fully saturated rings. The highest BCUT2D eigenvalue weighted by Crippen LogP contribution is 2.32. The van der Waals surface area contributed by atoms with E-state index in [1.807, 2.05) is 6.92 Å². The van der Waals surface area contributed by atoms with Crippen LogP contribution in [0.4, 0.5) is 11.5 Å². The average Bonchev–Trinajstić information content (AvgIpc) is 2.47. The number of benzene rings is 1. The molecule has 2 aromatic rings. The zero-order valence-electron chi connectivity index (χ0n) is 11.2. The standard InChI is InChI=1S/C13H14N4O3/c1-3-9-12(14-2)15-8-16-13(9)20-11-7-5-4-6-10(11)17(18)19/h4-8H,3H2,1-2H3,(H,14,15,16). The minimum Gasteiger partial charge on any atom is -0.431 e. The Morgan fingerprint density at radius 1 is 1.35 bits per heavy atom. The predicted molar refractivity (Wildman–Crippen MR) is 74.1 cm³/mol. The van der Waals surface area contributed by atoms with Crippen LogP contribution in [0.5, 0.6) is 11.6 Å². The van der Waals surface area contributed by atoms with Gasteiger partial charge >= 0.3 is 5.69 Å². The van der Waals surface area contributed by atoms with Gasteiger partial charge in [0.2, 0.25) is 11.6 Å². The molecule has 0 aliphatic carbocycles. The molecule has 0 bridgehead atoms. The highest BCUT2D eigenvalue weighted by atomic mass is 16.6. The molecule has 20 heavy (non-hydrogen) atoms. The number of anilines is 1. The van der Waals surface area contributed by atoms with E-state index in [1.54, 1.807) is 25.2 Å². The summed E-state index contributed by atoms with van der Waals surface area (Å²) in [6, 6.07) is 6.19. The number of ether oxygens (including phenoxy) is 1. The van der Waals surface area contributed by atoms with E-state index in [4.69, 9.17) is 4.74 Å². The summed E-state index contributed by atoms with van der Waals surface area (Å²) in [5.41, 5.74) is 0.673. The number of rotatable bonds is 5. The molecule has 2 rings (SSSR count). The van der Waals surface area contributed by atoms with Crippen molar-refractivity contribution in [1.29, 1.82) is 0 Å². The Kier molecular flexibility index (Phi) is 4.09. The van der Waals surface area contributed by atoms with Gasteiger partial charge in [-0.1, -0.05) is 19.1 Å². The molecule has 0 aliphatic heterocycles. The minimum atomic E-state index is -0.485.